The molecule has 1 aliphatic carbocycles. The van der Waals surface area contributed by atoms with Gasteiger partial charge in [-0.2, -0.15) is 4.99 Å². The molecular formula is C19H25ClN2O2S. The van der Waals surface area contributed by atoms with Crippen LogP contribution in [0.3, 0.4) is 0 Å². The van der Waals surface area contributed by atoms with Crippen molar-refractivity contribution in [3.8, 4) is 5.75 Å². The highest BCUT2D eigenvalue weighted by atomic mass is 35.5. The maximum atomic E-state index is 12.8. The summed E-state index contributed by atoms with van der Waals surface area (Å²) in [5.74, 6) is 0.237. The SMILES string of the molecule is CCCCN1C(=NC(=O)c2cc(Cl)ccc2OC)S[C@H]2CCCC[C@@H]21. The van der Waals surface area contributed by atoms with Crippen LogP contribution in [0.25, 0.3) is 0 Å². The molecule has 0 radical (unpaired) electrons. The van der Waals surface area contributed by atoms with Crippen LogP contribution in [0.5, 0.6) is 5.75 Å². The first kappa shape index (κ1) is 18.6. The number of ether oxygens (including phenoxy) is 1. The lowest BCUT2D eigenvalue weighted by Gasteiger charge is -2.31. The number of hydrogen-bond acceptors (Lipinski definition) is 3. The Kier molecular flexibility index (Phi) is 6.29. The van der Waals surface area contributed by atoms with E-state index in [1.807, 2.05) is 0 Å². The molecule has 1 amide bonds. The summed E-state index contributed by atoms with van der Waals surface area (Å²) in [6.07, 6.45) is 7.23. The number of unbranched alkanes of at least 4 members (excludes halogenated alkanes) is 1. The maximum Gasteiger partial charge on any atom is 0.283 e. The number of carbonyl (C=O) groups is 1. The molecule has 1 heterocycles. The zero-order valence-electron chi connectivity index (χ0n) is 14.8. The van der Waals surface area contributed by atoms with Gasteiger partial charge in [0.1, 0.15) is 5.75 Å². The average Bonchev–Trinajstić information content (AvgIpc) is 2.96. The summed E-state index contributed by atoms with van der Waals surface area (Å²) in [5.41, 5.74) is 0.424. The van der Waals surface area contributed by atoms with Gasteiger partial charge in [-0.15, -0.1) is 0 Å². The smallest absolute Gasteiger partial charge is 0.283 e. The van der Waals surface area contributed by atoms with E-state index in [0.29, 0.717) is 27.6 Å². The molecular weight excluding hydrogens is 356 g/mol. The van der Waals surface area contributed by atoms with E-state index in [1.54, 1.807) is 37.1 Å². The Morgan fingerprint density at radius 3 is 2.96 bits per heavy atom. The summed E-state index contributed by atoms with van der Waals surface area (Å²) in [4.78, 5) is 19.6. The zero-order valence-corrected chi connectivity index (χ0v) is 16.4. The van der Waals surface area contributed by atoms with Crippen molar-refractivity contribution in [3.63, 3.8) is 0 Å². The van der Waals surface area contributed by atoms with Crippen LogP contribution < -0.4 is 4.74 Å². The first-order valence-electron chi connectivity index (χ1n) is 9.04. The number of halogens is 1. The van der Waals surface area contributed by atoms with Gasteiger partial charge in [-0.05, 0) is 37.5 Å². The summed E-state index contributed by atoms with van der Waals surface area (Å²) in [7, 11) is 1.56. The van der Waals surface area contributed by atoms with Gasteiger partial charge in [-0.25, -0.2) is 0 Å². The lowest BCUT2D eigenvalue weighted by atomic mass is 9.94. The van der Waals surface area contributed by atoms with Crippen molar-refractivity contribution < 1.29 is 9.53 Å². The molecule has 0 N–H and O–H groups in total. The van der Waals surface area contributed by atoms with Crippen LogP contribution in [0.1, 0.15) is 55.8 Å². The van der Waals surface area contributed by atoms with E-state index in [1.165, 1.54) is 25.7 Å². The summed E-state index contributed by atoms with van der Waals surface area (Å²) in [5, 5.41) is 1.95. The average molecular weight is 381 g/mol. The zero-order chi connectivity index (χ0) is 17.8. The quantitative estimate of drug-likeness (QED) is 0.720. The van der Waals surface area contributed by atoms with Gasteiger partial charge in [0, 0.05) is 22.9 Å². The number of methoxy groups -OCH3 is 1. The van der Waals surface area contributed by atoms with E-state index in [2.05, 4.69) is 16.8 Å². The highest BCUT2D eigenvalue weighted by Gasteiger charge is 2.40. The number of hydrogen-bond donors (Lipinski definition) is 0. The van der Waals surface area contributed by atoms with Crippen molar-refractivity contribution >= 4 is 34.4 Å². The number of benzene rings is 1. The molecule has 6 heteroatoms. The highest BCUT2D eigenvalue weighted by Crippen LogP contribution is 2.40. The van der Waals surface area contributed by atoms with Crippen LogP contribution in [-0.2, 0) is 0 Å². The van der Waals surface area contributed by atoms with Gasteiger partial charge in [0.15, 0.2) is 5.17 Å². The van der Waals surface area contributed by atoms with E-state index in [9.17, 15) is 4.79 Å². The van der Waals surface area contributed by atoms with Gasteiger partial charge in [0.05, 0.1) is 12.7 Å². The molecule has 1 saturated heterocycles. The molecule has 1 aromatic rings. The van der Waals surface area contributed by atoms with Crippen molar-refractivity contribution in [2.75, 3.05) is 13.7 Å². The molecule has 0 spiro atoms. The number of thioether (sulfide) groups is 1. The fraction of sp³-hybridized carbons (Fsp3) is 0.579. The Labute approximate surface area is 159 Å². The van der Waals surface area contributed by atoms with E-state index < -0.39 is 0 Å². The second kappa shape index (κ2) is 8.45. The molecule has 1 saturated carbocycles. The second-order valence-electron chi connectivity index (χ2n) is 6.60. The highest BCUT2D eigenvalue weighted by molar-refractivity contribution is 8.14. The molecule has 2 atom stereocenters. The van der Waals surface area contributed by atoms with Gasteiger partial charge in [-0.1, -0.05) is 49.5 Å². The lowest BCUT2D eigenvalue weighted by molar-refractivity contribution is 0.0998. The Bertz CT molecular complexity index is 665. The molecule has 1 aliphatic heterocycles. The molecule has 2 aliphatic rings. The van der Waals surface area contributed by atoms with Gasteiger partial charge in [0.2, 0.25) is 0 Å². The summed E-state index contributed by atoms with van der Waals surface area (Å²) >= 11 is 7.83. The Hall–Kier alpha value is -1.20. The number of amidine groups is 1. The first-order chi connectivity index (χ1) is 12.1. The third kappa shape index (κ3) is 4.14. The van der Waals surface area contributed by atoms with E-state index in [-0.39, 0.29) is 5.91 Å². The number of nitrogens with zero attached hydrogens (tertiary/aromatic N) is 2. The molecule has 4 nitrogen and oxygen atoms in total. The van der Waals surface area contributed by atoms with Gasteiger partial charge in [0.25, 0.3) is 5.91 Å². The normalized spacial score (nSPS) is 24.4. The van der Waals surface area contributed by atoms with Gasteiger partial charge >= 0.3 is 0 Å². The molecule has 1 aromatic carbocycles. The van der Waals surface area contributed by atoms with Crippen LogP contribution in [-0.4, -0.2) is 40.9 Å². The standard InChI is InChI=1S/C19H25ClN2O2S/c1-3-4-11-22-15-7-5-6-8-17(15)25-19(22)21-18(23)14-12-13(20)9-10-16(14)24-2/h9-10,12,15,17H,3-8,11H2,1-2H3/t15-,17-/m0/s1. The van der Waals surface area contributed by atoms with Crippen molar-refractivity contribution in [3.05, 3.63) is 28.8 Å². The van der Waals surface area contributed by atoms with Gasteiger partial charge in [-0.3, -0.25) is 4.79 Å². The molecule has 0 unspecified atom stereocenters. The molecule has 0 bridgehead atoms. The van der Waals surface area contributed by atoms with Crippen LogP contribution in [0.4, 0.5) is 0 Å². The predicted molar refractivity (Wildman–Crippen MR) is 105 cm³/mol. The largest absolute Gasteiger partial charge is 0.496 e. The Morgan fingerprint density at radius 1 is 1.40 bits per heavy atom. The minimum Gasteiger partial charge on any atom is -0.496 e. The van der Waals surface area contributed by atoms with Crippen molar-refractivity contribution in [1.82, 2.24) is 4.90 Å². The summed E-state index contributed by atoms with van der Waals surface area (Å²) in [6.45, 7) is 3.17. The number of amides is 1. The monoisotopic (exact) mass is 380 g/mol. The van der Waals surface area contributed by atoms with E-state index >= 15 is 0 Å². The maximum absolute atomic E-state index is 12.8. The first-order valence-corrected chi connectivity index (χ1v) is 10.3. The summed E-state index contributed by atoms with van der Waals surface area (Å²) in [6, 6.07) is 5.59. The summed E-state index contributed by atoms with van der Waals surface area (Å²) < 4.78 is 5.30. The van der Waals surface area contributed by atoms with Crippen molar-refractivity contribution in [1.29, 1.82) is 0 Å². The Morgan fingerprint density at radius 2 is 2.20 bits per heavy atom. The molecule has 2 fully saturated rings. The Balaban J connectivity index is 1.87. The number of carbonyl (C=O) groups excluding carboxylic acids is 1. The molecule has 25 heavy (non-hydrogen) atoms. The van der Waals surface area contributed by atoms with Crippen LogP contribution in [0, 0.1) is 0 Å². The predicted octanol–water partition coefficient (Wildman–Crippen LogP) is 5.00. The third-order valence-corrected chi connectivity index (χ3v) is 6.54. The topological polar surface area (TPSA) is 41.9 Å². The van der Waals surface area contributed by atoms with E-state index in [0.717, 1.165) is 24.6 Å². The fourth-order valence-corrected chi connectivity index (χ4v) is 5.26. The van der Waals surface area contributed by atoms with Crippen LogP contribution in [0.15, 0.2) is 23.2 Å². The fourth-order valence-electron chi connectivity index (χ4n) is 3.59. The lowest BCUT2D eigenvalue weighted by Crippen LogP contribution is -2.39. The van der Waals surface area contributed by atoms with Crippen molar-refractivity contribution in [2.45, 2.75) is 56.7 Å². The van der Waals surface area contributed by atoms with E-state index in [4.69, 9.17) is 16.3 Å². The third-order valence-electron chi connectivity index (χ3n) is 4.91. The van der Waals surface area contributed by atoms with Crippen LogP contribution >= 0.6 is 23.4 Å². The minimum atomic E-state index is -0.276. The number of rotatable bonds is 5. The number of fused-ring (bicyclic) bond motifs is 1. The number of aliphatic imine (C=N–C) groups is 1. The van der Waals surface area contributed by atoms with Gasteiger partial charge < -0.3 is 9.64 Å². The molecule has 136 valence electrons. The minimum absolute atomic E-state index is 0.276. The molecule has 0 aromatic heterocycles. The second-order valence-corrected chi connectivity index (χ2v) is 8.24. The van der Waals surface area contributed by atoms with Crippen molar-refractivity contribution in [2.24, 2.45) is 4.99 Å². The molecule has 3 rings (SSSR count). The van der Waals surface area contributed by atoms with Crippen LogP contribution in [0.2, 0.25) is 5.02 Å².